The Balaban J connectivity index is 2.13. The van der Waals surface area contributed by atoms with Crippen LogP contribution in [0.15, 0.2) is 18.2 Å². The average Bonchev–Trinajstić information content (AvgIpc) is 2.80. The molecule has 1 amide bonds. The first-order valence-electron chi connectivity index (χ1n) is 6.00. The SMILES string of the molecule is COC(=O)CCC1OC(=O)NC1c1ccc(Cl)c(Cl)c1. The molecule has 1 aromatic rings. The van der Waals surface area contributed by atoms with Gasteiger partial charge in [-0.1, -0.05) is 29.3 Å². The fraction of sp³-hybridized carbons (Fsp3) is 0.385. The number of methoxy groups -OCH3 is 1. The highest BCUT2D eigenvalue weighted by Crippen LogP contribution is 2.31. The molecule has 2 rings (SSSR count). The number of carbonyl (C=O) groups is 2. The monoisotopic (exact) mass is 317 g/mol. The van der Waals surface area contributed by atoms with Crippen molar-refractivity contribution < 1.29 is 19.1 Å². The lowest BCUT2D eigenvalue weighted by molar-refractivity contribution is -0.141. The average molecular weight is 318 g/mol. The maximum Gasteiger partial charge on any atom is 0.408 e. The zero-order valence-electron chi connectivity index (χ0n) is 10.7. The fourth-order valence-corrected chi connectivity index (χ4v) is 2.36. The standard InChI is InChI=1S/C13H13Cl2NO4/c1-19-11(17)5-4-10-12(16-13(18)20-10)7-2-3-8(14)9(15)6-7/h2-3,6,10,12H,4-5H2,1H3,(H,16,18). The van der Waals surface area contributed by atoms with Gasteiger partial charge in [0.15, 0.2) is 0 Å². The summed E-state index contributed by atoms with van der Waals surface area (Å²) in [7, 11) is 1.32. The van der Waals surface area contributed by atoms with E-state index in [-0.39, 0.29) is 18.4 Å². The van der Waals surface area contributed by atoms with Gasteiger partial charge in [0, 0.05) is 6.42 Å². The molecule has 1 fully saturated rings. The van der Waals surface area contributed by atoms with E-state index in [0.29, 0.717) is 16.5 Å². The number of nitrogens with one attached hydrogen (secondary N) is 1. The van der Waals surface area contributed by atoms with Crippen molar-refractivity contribution in [3.8, 4) is 0 Å². The predicted octanol–water partition coefficient (Wildman–Crippen LogP) is 3.10. The van der Waals surface area contributed by atoms with Crippen LogP contribution in [0.3, 0.4) is 0 Å². The molecule has 2 atom stereocenters. The summed E-state index contributed by atoms with van der Waals surface area (Å²) in [5.41, 5.74) is 0.778. The van der Waals surface area contributed by atoms with Crippen molar-refractivity contribution in [1.29, 1.82) is 0 Å². The van der Waals surface area contributed by atoms with Crippen LogP contribution in [-0.2, 0) is 14.3 Å². The lowest BCUT2D eigenvalue weighted by atomic mass is 9.99. The number of alkyl carbamates (subject to hydrolysis) is 1. The molecule has 1 N–H and O–H groups in total. The number of hydrogen-bond donors (Lipinski definition) is 1. The Bertz CT molecular complexity index is 535. The number of rotatable bonds is 4. The normalized spacial score (nSPS) is 21.2. The summed E-state index contributed by atoms with van der Waals surface area (Å²) in [4.78, 5) is 22.6. The van der Waals surface area contributed by atoms with Gasteiger partial charge in [0.25, 0.3) is 0 Å². The zero-order chi connectivity index (χ0) is 14.7. The maximum absolute atomic E-state index is 11.4. The van der Waals surface area contributed by atoms with Crippen LogP contribution < -0.4 is 5.32 Å². The summed E-state index contributed by atoms with van der Waals surface area (Å²) >= 11 is 11.8. The number of carbonyl (C=O) groups excluding carboxylic acids is 2. The molecule has 2 unspecified atom stereocenters. The molecule has 1 aromatic carbocycles. The molecule has 0 saturated carbocycles. The Kier molecular flexibility index (Phi) is 4.73. The zero-order valence-corrected chi connectivity index (χ0v) is 12.2. The molecule has 7 heteroatoms. The van der Waals surface area contributed by atoms with Crippen molar-refractivity contribution >= 4 is 35.3 Å². The Labute approximate surface area is 126 Å². The largest absolute Gasteiger partial charge is 0.469 e. The van der Waals surface area contributed by atoms with E-state index in [1.54, 1.807) is 18.2 Å². The lowest BCUT2D eigenvalue weighted by Crippen LogP contribution is -2.23. The summed E-state index contributed by atoms with van der Waals surface area (Å²) < 4.78 is 9.73. The van der Waals surface area contributed by atoms with Crippen LogP contribution in [0.4, 0.5) is 4.79 Å². The number of ether oxygens (including phenoxy) is 2. The van der Waals surface area contributed by atoms with Gasteiger partial charge in [-0.15, -0.1) is 0 Å². The van der Waals surface area contributed by atoms with Crippen LogP contribution in [0.1, 0.15) is 24.4 Å². The molecule has 1 saturated heterocycles. The topological polar surface area (TPSA) is 64.6 Å². The molecule has 0 aliphatic carbocycles. The van der Waals surface area contributed by atoms with Crippen molar-refractivity contribution in [3.63, 3.8) is 0 Å². The molecule has 0 bridgehead atoms. The van der Waals surface area contributed by atoms with Crippen LogP contribution in [-0.4, -0.2) is 25.3 Å². The van der Waals surface area contributed by atoms with Crippen molar-refractivity contribution in [2.45, 2.75) is 25.0 Å². The van der Waals surface area contributed by atoms with Crippen molar-refractivity contribution in [2.24, 2.45) is 0 Å². The molecule has 20 heavy (non-hydrogen) atoms. The van der Waals surface area contributed by atoms with E-state index in [4.69, 9.17) is 27.9 Å². The van der Waals surface area contributed by atoms with Crippen molar-refractivity contribution in [1.82, 2.24) is 5.32 Å². The van der Waals surface area contributed by atoms with E-state index in [9.17, 15) is 9.59 Å². The van der Waals surface area contributed by atoms with Crippen molar-refractivity contribution in [3.05, 3.63) is 33.8 Å². The second kappa shape index (κ2) is 6.33. The molecule has 5 nitrogen and oxygen atoms in total. The van der Waals surface area contributed by atoms with Crippen LogP contribution >= 0.6 is 23.2 Å². The summed E-state index contributed by atoms with van der Waals surface area (Å²) in [6, 6.07) is 4.73. The number of amides is 1. The first-order valence-corrected chi connectivity index (χ1v) is 6.75. The van der Waals surface area contributed by atoms with E-state index in [2.05, 4.69) is 10.1 Å². The highest BCUT2D eigenvalue weighted by molar-refractivity contribution is 6.42. The number of hydrogen-bond acceptors (Lipinski definition) is 4. The van der Waals surface area contributed by atoms with Gasteiger partial charge in [0.05, 0.1) is 23.2 Å². The quantitative estimate of drug-likeness (QED) is 0.867. The number of cyclic esters (lactones) is 1. The first kappa shape index (κ1) is 14.9. The molecule has 1 aliphatic rings. The minimum absolute atomic E-state index is 0.175. The Morgan fingerprint density at radius 2 is 2.15 bits per heavy atom. The third-order valence-corrected chi connectivity index (χ3v) is 3.81. The molecule has 0 radical (unpaired) electrons. The minimum Gasteiger partial charge on any atom is -0.469 e. The Morgan fingerprint density at radius 1 is 1.40 bits per heavy atom. The van der Waals surface area contributed by atoms with Gasteiger partial charge in [-0.25, -0.2) is 4.79 Å². The van der Waals surface area contributed by atoms with E-state index in [1.165, 1.54) is 7.11 Å². The molecule has 1 aliphatic heterocycles. The third kappa shape index (κ3) is 3.35. The summed E-state index contributed by atoms with van der Waals surface area (Å²) in [5, 5.41) is 3.53. The van der Waals surface area contributed by atoms with Crippen LogP contribution in [0, 0.1) is 0 Å². The third-order valence-electron chi connectivity index (χ3n) is 3.07. The van der Waals surface area contributed by atoms with Gasteiger partial charge < -0.3 is 14.8 Å². The second-order valence-electron chi connectivity index (χ2n) is 4.35. The maximum atomic E-state index is 11.4. The molecule has 108 valence electrons. The molecular weight excluding hydrogens is 305 g/mol. The van der Waals surface area contributed by atoms with E-state index in [1.807, 2.05) is 0 Å². The van der Waals surface area contributed by atoms with E-state index >= 15 is 0 Å². The molecule has 0 spiro atoms. The number of halogens is 2. The number of esters is 1. The predicted molar refractivity (Wildman–Crippen MR) is 73.9 cm³/mol. The lowest BCUT2D eigenvalue weighted by Gasteiger charge is -2.17. The van der Waals surface area contributed by atoms with E-state index in [0.717, 1.165) is 5.56 Å². The summed E-state index contributed by atoms with van der Waals surface area (Å²) in [5.74, 6) is -0.346. The summed E-state index contributed by atoms with van der Waals surface area (Å²) in [6.07, 6.45) is -0.417. The Hall–Kier alpha value is -1.46. The first-order chi connectivity index (χ1) is 9.51. The smallest absolute Gasteiger partial charge is 0.408 e. The van der Waals surface area contributed by atoms with Gasteiger partial charge in [-0.2, -0.15) is 0 Å². The van der Waals surface area contributed by atoms with Gasteiger partial charge in [0.1, 0.15) is 6.10 Å². The van der Waals surface area contributed by atoms with Gasteiger partial charge in [-0.05, 0) is 24.1 Å². The second-order valence-corrected chi connectivity index (χ2v) is 5.17. The Morgan fingerprint density at radius 3 is 2.80 bits per heavy atom. The highest BCUT2D eigenvalue weighted by atomic mass is 35.5. The molecule has 0 aromatic heterocycles. The molecular formula is C13H13Cl2NO4. The van der Waals surface area contributed by atoms with Crippen LogP contribution in [0.5, 0.6) is 0 Å². The van der Waals surface area contributed by atoms with Gasteiger partial charge >= 0.3 is 12.1 Å². The molecule has 1 heterocycles. The van der Waals surface area contributed by atoms with Crippen molar-refractivity contribution in [2.75, 3.05) is 7.11 Å². The fourth-order valence-electron chi connectivity index (χ4n) is 2.05. The minimum atomic E-state index is -0.518. The van der Waals surface area contributed by atoms with Crippen LogP contribution in [0.2, 0.25) is 10.0 Å². The van der Waals surface area contributed by atoms with Crippen LogP contribution in [0.25, 0.3) is 0 Å². The van der Waals surface area contributed by atoms with Gasteiger partial charge in [-0.3, -0.25) is 4.79 Å². The number of benzene rings is 1. The highest BCUT2D eigenvalue weighted by Gasteiger charge is 2.35. The van der Waals surface area contributed by atoms with E-state index < -0.39 is 12.2 Å². The van der Waals surface area contributed by atoms with Gasteiger partial charge in [0.2, 0.25) is 0 Å². The summed E-state index contributed by atoms with van der Waals surface area (Å²) in [6.45, 7) is 0.